The molecule has 22 heavy (non-hydrogen) atoms. The molecule has 0 bridgehead atoms. The molecule has 4 rings (SSSR count). The minimum absolute atomic E-state index is 0.0501. The Balaban J connectivity index is 1.64. The van der Waals surface area contributed by atoms with Crippen LogP contribution in [0.25, 0.3) is 5.65 Å². The molecule has 0 amide bonds. The lowest BCUT2D eigenvalue weighted by atomic mass is 10.3. The number of hydrogen-bond donors (Lipinski definition) is 0. The summed E-state index contributed by atoms with van der Waals surface area (Å²) in [6.07, 6.45) is 6.51. The van der Waals surface area contributed by atoms with E-state index in [1.807, 2.05) is 29.1 Å². The van der Waals surface area contributed by atoms with Crippen LogP contribution in [0.4, 0.5) is 5.82 Å². The minimum Gasteiger partial charge on any atom is -0.354 e. The van der Waals surface area contributed by atoms with Gasteiger partial charge in [-0.3, -0.25) is 13.9 Å². The fraction of sp³-hybridized carbons (Fsp3) is 0.267. The van der Waals surface area contributed by atoms with Crippen molar-refractivity contribution < 1.29 is 0 Å². The molecule has 1 saturated heterocycles. The molecule has 1 atom stereocenters. The van der Waals surface area contributed by atoms with Crippen LogP contribution in [0.1, 0.15) is 12.5 Å². The lowest BCUT2D eigenvalue weighted by molar-refractivity contribution is 0.494. The van der Waals surface area contributed by atoms with Crippen molar-refractivity contribution in [1.82, 2.24) is 19.2 Å². The quantitative estimate of drug-likeness (QED) is 0.703. The van der Waals surface area contributed by atoms with Gasteiger partial charge in [-0.1, -0.05) is 6.07 Å². The fourth-order valence-corrected chi connectivity index (χ4v) is 3.18. The van der Waals surface area contributed by atoms with Gasteiger partial charge in [-0.25, -0.2) is 4.98 Å². The van der Waals surface area contributed by atoms with Gasteiger partial charge in [0.15, 0.2) is 0 Å². The van der Waals surface area contributed by atoms with Gasteiger partial charge in [0.25, 0.3) is 5.56 Å². The highest BCUT2D eigenvalue weighted by Gasteiger charge is 2.25. The van der Waals surface area contributed by atoms with Gasteiger partial charge in [0, 0.05) is 31.5 Å². The molecule has 1 aliphatic heterocycles. The van der Waals surface area contributed by atoms with Crippen LogP contribution in [-0.2, 0) is 0 Å². The van der Waals surface area contributed by atoms with E-state index < -0.39 is 0 Å². The molecule has 0 saturated carbocycles. The predicted molar refractivity (Wildman–Crippen MR) is 87.3 cm³/mol. The van der Waals surface area contributed by atoms with Gasteiger partial charge in [-0.15, -0.1) is 0 Å². The molecule has 1 aliphatic rings. The maximum atomic E-state index is 12.2. The number of halogens is 1. The average Bonchev–Trinajstić information content (AvgIpc) is 3.16. The molecule has 0 spiro atoms. The summed E-state index contributed by atoms with van der Waals surface area (Å²) in [5.74, 6) is 0.741. The molecule has 112 valence electrons. The van der Waals surface area contributed by atoms with Gasteiger partial charge in [0.1, 0.15) is 11.5 Å². The van der Waals surface area contributed by atoms with E-state index in [9.17, 15) is 4.79 Å². The molecule has 4 heterocycles. The Kier molecular flexibility index (Phi) is 3.22. The van der Waals surface area contributed by atoms with Crippen LogP contribution >= 0.6 is 15.9 Å². The summed E-state index contributed by atoms with van der Waals surface area (Å²) in [4.78, 5) is 18.9. The summed E-state index contributed by atoms with van der Waals surface area (Å²) in [5.41, 5.74) is 0.626. The molecular formula is C15H14BrN5O. The zero-order valence-electron chi connectivity index (χ0n) is 11.8. The van der Waals surface area contributed by atoms with E-state index in [0.29, 0.717) is 11.7 Å². The van der Waals surface area contributed by atoms with Gasteiger partial charge in [0.05, 0.1) is 16.7 Å². The largest absolute Gasteiger partial charge is 0.354 e. The maximum absolute atomic E-state index is 12.2. The van der Waals surface area contributed by atoms with Crippen molar-refractivity contribution in [3.63, 3.8) is 0 Å². The third-order valence-electron chi connectivity index (χ3n) is 3.99. The summed E-state index contributed by atoms with van der Waals surface area (Å²) in [6, 6.07) is 7.48. The molecule has 1 unspecified atom stereocenters. The van der Waals surface area contributed by atoms with Gasteiger partial charge in [-0.05, 0) is 34.5 Å². The smallest absolute Gasteiger partial charge is 0.259 e. The minimum atomic E-state index is -0.0501. The van der Waals surface area contributed by atoms with E-state index in [2.05, 4.69) is 30.9 Å². The molecule has 7 heteroatoms. The van der Waals surface area contributed by atoms with Crippen LogP contribution in [0.15, 0.2) is 52.1 Å². The van der Waals surface area contributed by atoms with Crippen molar-refractivity contribution in [3.05, 3.63) is 57.7 Å². The number of anilines is 1. The van der Waals surface area contributed by atoms with E-state index in [1.54, 1.807) is 22.9 Å². The monoisotopic (exact) mass is 359 g/mol. The van der Waals surface area contributed by atoms with E-state index >= 15 is 0 Å². The third-order valence-corrected chi connectivity index (χ3v) is 4.40. The normalized spacial score (nSPS) is 18.2. The number of fused-ring (bicyclic) bond motifs is 1. The van der Waals surface area contributed by atoms with E-state index in [-0.39, 0.29) is 5.56 Å². The molecule has 6 nitrogen and oxygen atoms in total. The SMILES string of the molecule is O=c1cc(N2CCC(n3cc(Br)cn3)C2)nc2ccccn12. The number of pyridine rings is 1. The first kappa shape index (κ1) is 13.5. The zero-order chi connectivity index (χ0) is 15.1. The highest BCUT2D eigenvalue weighted by atomic mass is 79.9. The first-order valence-electron chi connectivity index (χ1n) is 7.14. The van der Waals surface area contributed by atoms with Crippen LogP contribution in [0, 0.1) is 0 Å². The van der Waals surface area contributed by atoms with E-state index in [0.717, 1.165) is 29.8 Å². The van der Waals surface area contributed by atoms with Crippen molar-refractivity contribution in [3.8, 4) is 0 Å². The Morgan fingerprint density at radius 3 is 3.05 bits per heavy atom. The van der Waals surface area contributed by atoms with Crippen LogP contribution in [-0.4, -0.2) is 32.3 Å². The third kappa shape index (κ3) is 2.31. The Bertz CT molecular complexity index is 887. The molecule has 1 fully saturated rings. The van der Waals surface area contributed by atoms with Crippen LogP contribution in [0.2, 0.25) is 0 Å². The van der Waals surface area contributed by atoms with Crippen molar-refractivity contribution in [2.24, 2.45) is 0 Å². The highest BCUT2D eigenvalue weighted by Crippen LogP contribution is 2.25. The molecule has 3 aromatic rings. The van der Waals surface area contributed by atoms with Gasteiger partial charge in [0.2, 0.25) is 0 Å². The Hall–Kier alpha value is -2.15. The van der Waals surface area contributed by atoms with Gasteiger partial charge < -0.3 is 4.90 Å². The second-order valence-electron chi connectivity index (χ2n) is 5.41. The summed E-state index contributed by atoms with van der Waals surface area (Å²) in [7, 11) is 0. The first-order chi connectivity index (χ1) is 10.7. The first-order valence-corrected chi connectivity index (χ1v) is 7.93. The fourth-order valence-electron chi connectivity index (χ4n) is 2.88. The Labute approximate surface area is 135 Å². The molecular weight excluding hydrogens is 346 g/mol. The molecule has 3 aromatic heterocycles. The van der Waals surface area contributed by atoms with Crippen molar-refractivity contribution in [2.45, 2.75) is 12.5 Å². The van der Waals surface area contributed by atoms with Crippen molar-refractivity contribution in [2.75, 3.05) is 18.0 Å². The lowest BCUT2D eigenvalue weighted by Crippen LogP contribution is -2.25. The molecule has 0 radical (unpaired) electrons. The zero-order valence-corrected chi connectivity index (χ0v) is 13.3. The van der Waals surface area contributed by atoms with Crippen LogP contribution in [0.3, 0.4) is 0 Å². The van der Waals surface area contributed by atoms with Crippen LogP contribution in [0.5, 0.6) is 0 Å². The van der Waals surface area contributed by atoms with Crippen molar-refractivity contribution >= 4 is 27.4 Å². The predicted octanol–water partition coefficient (Wildman–Crippen LogP) is 2.10. The summed E-state index contributed by atoms with van der Waals surface area (Å²) in [6.45, 7) is 1.68. The van der Waals surface area contributed by atoms with Gasteiger partial charge >= 0.3 is 0 Å². The lowest BCUT2D eigenvalue weighted by Gasteiger charge is -2.17. The topological polar surface area (TPSA) is 55.4 Å². The molecule has 0 aromatic carbocycles. The maximum Gasteiger partial charge on any atom is 0.259 e. The second-order valence-corrected chi connectivity index (χ2v) is 6.32. The highest BCUT2D eigenvalue weighted by molar-refractivity contribution is 9.10. The molecule has 0 aliphatic carbocycles. The number of nitrogens with zero attached hydrogens (tertiary/aromatic N) is 5. The molecule has 0 N–H and O–H groups in total. The number of rotatable bonds is 2. The van der Waals surface area contributed by atoms with E-state index in [1.165, 1.54) is 0 Å². The second kappa shape index (κ2) is 5.24. The Morgan fingerprint density at radius 2 is 2.23 bits per heavy atom. The van der Waals surface area contributed by atoms with Crippen LogP contribution < -0.4 is 10.5 Å². The number of hydrogen-bond acceptors (Lipinski definition) is 4. The standard InChI is InChI=1S/C15H14BrN5O/c16-11-8-17-21(9-11)12-4-6-19(10-12)14-7-15(22)20-5-2-1-3-13(20)18-14/h1-3,5,7-9,12H,4,6,10H2. The van der Waals surface area contributed by atoms with Gasteiger partial charge in [-0.2, -0.15) is 5.10 Å². The summed E-state index contributed by atoms with van der Waals surface area (Å²) < 4.78 is 4.51. The average molecular weight is 360 g/mol. The van der Waals surface area contributed by atoms with E-state index in [4.69, 9.17) is 0 Å². The van der Waals surface area contributed by atoms with Crippen molar-refractivity contribution in [1.29, 1.82) is 0 Å². The Morgan fingerprint density at radius 1 is 1.32 bits per heavy atom. The summed E-state index contributed by atoms with van der Waals surface area (Å²) >= 11 is 3.42. The summed E-state index contributed by atoms with van der Waals surface area (Å²) in [5, 5.41) is 4.35. The number of aromatic nitrogens is 4.